The van der Waals surface area contributed by atoms with E-state index in [1.54, 1.807) is 51.1 Å². The van der Waals surface area contributed by atoms with Crippen LogP contribution in [0.15, 0.2) is 30.3 Å². The molecule has 15 heteroatoms. The second-order valence-electron chi connectivity index (χ2n) is 8.54. The van der Waals surface area contributed by atoms with Gasteiger partial charge in [0.05, 0.1) is 13.2 Å². The number of carbonyl (C=O) groups is 4. The molecule has 0 radical (unpaired) electrons. The fraction of sp³-hybridized carbons (Fsp3) is 0.545. The topological polar surface area (TPSA) is 152 Å². The van der Waals surface area contributed by atoms with Crippen LogP contribution in [-0.4, -0.2) is 79.1 Å². The van der Waals surface area contributed by atoms with Gasteiger partial charge in [0.1, 0.15) is 17.7 Å². The summed E-state index contributed by atoms with van der Waals surface area (Å²) < 4.78 is 62.9. The van der Waals surface area contributed by atoms with Crippen LogP contribution in [0.1, 0.15) is 26.3 Å². The van der Waals surface area contributed by atoms with Crippen molar-refractivity contribution < 1.29 is 56.1 Å². The molecule has 3 atom stereocenters. The van der Waals surface area contributed by atoms with Crippen molar-refractivity contribution in [2.24, 2.45) is 0 Å². The van der Waals surface area contributed by atoms with Gasteiger partial charge < -0.3 is 35.3 Å². The Morgan fingerprint density at radius 1 is 0.811 bits per heavy atom. The minimum atomic E-state index is -3.36. The fourth-order valence-electron chi connectivity index (χ4n) is 2.75. The molecule has 0 saturated carbocycles. The summed E-state index contributed by atoms with van der Waals surface area (Å²) >= 11 is 0. The van der Waals surface area contributed by atoms with Crippen LogP contribution in [0.3, 0.4) is 0 Å². The van der Waals surface area contributed by atoms with E-state index in [2.05, 4.69) is 20.1 Å². The van der Waals surface area contributed by atoms with Gasteiger partial charge in [0.25, 0.3) is 0 Å². The Morgan fingerprint density at radius 2 is 1.30 bits per heavy atom. The fourth-order valence-corrected chi connectivity index (χ4v) is 2.75. The Bertz CT molecular complexity index is 900. The third-order valence-electron chi connectivity index (χ3n) is 4.32. The van der Waals surface area contributed by atoms with E-state index < -0.39 is 74.0 Å². The summed E-state index contributed by atoms with van der Waals surface area (Å²) in [4.78, 5) is 49.1. The average molecular weight is 539 g/mol. The first-order valence-corrected chi connectivity index (χ1v) is 10.8. The molecule has 1 aromatic rings. The molecule has 0 unspecified atom stereocenters. The molecule has 1 rings (SSSR count). The number of carbonyl (C=O) groups excluding carboxylic acids is 3. The van der Waals surface area contributed by atoms with Crippen LogP contribution in [0.5, 0.6) is 0 Å². The number of ether oxygens (including phenoxy) is 3. The second-order valence-corrected chi connectivity index (χ2v) is 8.54. The van der Waals surface area contributed by atoms with Crippen molar-refractivity contribution in [3.8, 4) is 0 Å². The zero-order valence-electron chi connectivity index (χ0n) is 20.2. The van der Waals surface area contributed by atoms with E-state index in [0.717, 1.165) is 0 Å². The van der Waals surface area contributed by atoms with E-state index in [1.807, 2.05) is 5.32 Å². The second kappa shape index (κ2) is 14.9. The minimum Gasteiger partial charge on any atom is -0.480 e. The normalized spacial score (nSPS) is 14.0. The largest absolute Gasteiger partial charge is 0.480 e. The van der Waals surface area contributed by atoms with Gasteiger partial charge in [-0.15, -0.1) is 0 Å². The predicted octanol–water partition coefficient (Wildman–Crippen LogP) is 1.66. The van der Waals surface area contributed by atoms with Crippen molar-refractivity contribution in [1.82, 2.24) is 16.0 Å². The number of nitrogens with one attached hydrogen (secondary N) is 3. The molecule has 0 fully saturated rings. The van der Waals surface area contributed by atoms with Gasteiger partial charge in [-0.3, -0.25) is 9.59 Å². The summed E-state index contributed by atoms with van der Waals surface area (Å²) in [5.41, 5.74) is -0.337. The summed E-state index contributed by atoms with van der Waals surface area (Å²) in [5.74, 6) is -4.12. The molecule has 3 amide bonds. The number of amides is 3. The number of carboxylic acid groups (broad SMARTS) is 1. The summed E-state index contributed by atoms with van der Waals surface area (Å²) in [6.07, 6.45) is -1.08. The van der Waals surface area contributed by atoms with Gasteiger partial charge in [-0.05, 0) is 26.3 Å². The van der Waals surface area contributed by atoms with Crippen LogP contribution in [0.25, 0.3) is 0 Å². The summed E-state index contributed by atoms with van der Waals surface area (Å²) in [7, 11) is 0. The van der Waals surface area contributed by atoms with Crippen LogP contribution in [0, 0.1) is 0 Å². The molecule has 0 aliphatic heterocycles. The summed E-state index contributed by atoms with van der Waals surface area (Å²) in [6, 6.07) is 3.07. The first-order valence-electron chi connectivity index (χ1n) is 10.8. The van der Waals surface area contributed by atoms with Gasteiger partial charge in [-0.25, -0.2) is 9.59 Å². The van der Waals surface area contributed by atoms with Gasteiger partial charge in [-0.2, -0.15) is 17.6 Å². The lowest BCUT2D eigenvalue weighted by molar-refractivity contribution is -0.159. The summed E-state index contributed by atoms with van der Waals surface area (Å²) in [6.45, 7) is -4.21. The smallest absolute Gasteiger partial charge is 0.408 e. The Morgan fingerprint density at radius 3 is 1.78 bits per heavy atom. The quantitative estimate of drug-likeness (QED) is 0.261. The highest BCUT2D eigenvalue weighted by Crippen LogP contribution is 2.09. The van der Waals surface area contributed by atoms with E-state index >= 15 is 0 Å². The molecular formula is C22H29F4N3O8. The lowest BCUT2D eigenvalue weighted by atomic mass is 10.0. The number of rotatable bonds is 14. The number of halogens is 4. The SMILES string of the molecule is CC(C)(C)OC(=O)N[C@@H](Cc1ccccc1)C(=O)N[C@@H](COC(F)F)C(=O)N[C@@H](COC(F)F)C(=O)O. The Labute approximate surface area is 209 Å². The number of benzene rings is 1. The standard InChI is InChI=1S/C22H29F4N3O8/c1-22(2,3)37-21(34)29-13(9-12-7-5-4-6-8-12)16(30)27-14(10-35-19(23)24)17(31)28-15(18(32)33)11-36-20(25)26/h4-8,13-15,19-20H,9-11H2,1-3H3,(H,27,30)(H,28,31)(H,29,34)(H,32,33)/t13-,14-,15-/m0/s1. The summed E-state index contributed by atoms with van der Waals surface area (Å²) in [5, 5.41) is 15.4. The van der Waals surface area contributed by atoms with E-state index in [9.17, 15) is 36.7 Å². The van der Waals surface area contributed by atoms with Gasteiger partial charge >= 0.3 is 25.3 Å². The molecule has 208 valence electrons. The lowest BCUT2D eigenvalue weighted by Crippen LogP contribution is -2.58. The number of alkyl carbamates (subject to hydrolysis) is 1. The number of alkyl halides is 4. The number of aliphatic carboxylic acids is 1. The lowest BCUT2D eigenvalue weighted by Gasteiger charge is -2.26. The van der Waals surface area contributed by atoms with Crippen molar-refractivity contribution in [2.75, 3.05) is 13.2 Å². The first kappa shape index (κ1) is 31.6. The van der Waals surface area contributed by atoms with E-state index in [-0.39, 0.29) is 6.42 Å². The molecule has 37 heavy (non-hydrogen) atoms. The van der Waals surface area contributed by atoms with Gasteiger partial charge in [-0.1, -0.05) is 30.3 Å². The highest BCUT2D eigenvalue weighted by Gasteiger charge is 2.32. The molecule has 11 nitrogen and oxygen atoms in total. The van der Waals surface area contributed by atoms with Crippen molar-refractivity contribution in [2.45, 2.75) is 64.1 Å². The number of hydrogen-bond acceptors (Lipinski definition) is 7. The third-order valence-corrected chi connectivity index (χ3v) is 4.32. The Kier molecular flexibility index (Phi) is 12.8. The highest BCUT2D eigenvalue weighted by atomic mass is 19.3. The molecule has 0 aromatic heterocycles. The van der Waals surface area contributed by atoms with Gasteiger partial charge in [0.15, 0.2) is 6.04 Å². The van der Waals surface area contributed by atoms with Gasteiger partial charge in [0, 0.05) is 6.42 Å². The highest BCUT2D eigenvalue weighted by molar-refractivity contribution is 5.93. The molecule has 0 saturated heterocycles. The van der Waals surface area contributed by atoms with Gasteiger partial charge in [0.2, 0.25) is 11.8 Å². The van der Waals surface area contributed by atoms with Crippen LogP contribution >= 0.6 is 0 Å². The van der Waals surface area contributed by atoms with Crippen LogP contribution in [0.4, 0.5) is 22.4 Å². The van der Waals surface area contributed by atoms with E-state index in [0.29, 0.717) is 5.56 Å². The van der Waals surface area contributed by atoms with E-state index in [1.165, 1.54) is 0 Å². The number of carboxylic acids is 1. The Balaban J connectivity index is 3.09. The molecule has 0 spiro atoms. The monoisotopic (exact) mass is 539 g/mol. The number of hydrogen-bond donors (Lipinski definition) is 4. The Hall–Kier alpha value is -3.46. The molecule has 0 bridgehead atoms. The van der Waals surface area contributed by atoms with Crippen LogP contribution in [-0.2, 0) is 35.0 Å². The van der Waals surface area contributed by atoms with Crippen molar-refractivity contribution >= 4 is 23.9 Å². The average Bonchev–Trinajstić information content (AvgIpc) is 2.77. The van der Waals surface area contributed by atoms with Crippen LogP contribution < -0.4 is 16.0 Å². The van der Waals surface area contributed by atoms with Crippen molar-refractivity contribution in [3.05, 3.63) is 35.9 Å². The molecule has 1 aromatic carbocycles. The van der Waals surface area contributed by atoms with Crippen LogP contribution in [0.2, 0.25) is 0 Å². The maximum atomic E-state index is 13.0. The van der Waals surface area contributed by atoms with Crippen molar-refractivity contribution in [3.63, 3.8) is 0 Å². The molecule has 0 aliphatic rings. The maximum Gasteiger partial charge on any atom is 0.408 e. The minimum absolute atomic E-state index is 0.101. The molecule has 0 heterocycles. The zero-order valence-corrected chi connectivity index (χ0v) is 20.2. The maximum absolute atomic E-state index is 13.0. The predicted molar refractivity (Wildman–Crippen MR) is 119 cm³/mol. The van der Waals surface area contributed by atoms with E-state index in [4.69, 9.17) is 9.84 Å². The first-order chi connectivity index (χ1) is 17.2. The third kappa shape index (κ3) is 13.4. The molecule has 4 N–H and O–H groups in total. The molecule has 0 aliphatic carbocycles. The van der Waals surface area contributed by atoms with Crippen molar-refractivity contribution in [1.29, 1.82) is 0 Å². The zero-order chi connectivity index (χ0) is 28.2. The molecular weight excluding hydrogens is 510 g/mol.